The highest BCUT2D eigenvalue weighted by Crippen LogP contribution is 2.41. The molecule has 1 saturated carbocycles. The van der Waals surface area contributed by atoms with Crippen LogP contribution in [0.1, 0.15) is 41.7 Å². The number of nitrogens with one attached hydrogen (secondary N) is 2. The van der Waals surface area contributed by atoms with Crippen LogP contribution in [0.25, 0.3) is 0 Å². The molecule has 3 rings (SSSR count). The van der Waals surface area contributed by atoms with E-state index in [-0.39, 0.29) is 17.9 Å². The van der Waals surface area contributed by atoms with Crippen molar-refractivity contribution >= 4 is 17.5 Å². The average Bonchev–Trinajstić information content (AvgIpc) is 3.38. The summed E-state index contributed by atoms with van der Waals surface area (Å²) in [5.41, 5.74) is 2.44. The largest absolute Gasteiger partial charge is 0.345 e. The van der Waals surface area contributed by atoms with Gasteiger partial charge in [-0.2, -0.15) is 0 Å². The fourth-order valence-electron chi connectivity index (χ4n) is 2.70. The summed E-state index contributed by atoms with van der Waals surface area (Å²) in [6.45, 7) is 1.46. The molecule has 1 atom stereocenters. The number of rotatable bonds is 5. The highest BCUT2D eigenvalue weighted by Gasteiger charge is 2.33. The molecule has 1 aliphatic carbocycles. The zero-order valence-corrected chi connectivity index (χ0v) is 13.1. The van der Waals surface area contributed by atoms with Gasteiger partial charge in [0.15, 0.2) is 0 Å². The number of anilines is 1. The lowest BCUT2D eigenvalue weighted by atomic mass is 10.0. The topological polar surface area (TPSA) is 58.2 Å². The Morgan fingerprint density at radius 1 is 1.00 bits per heavy atom. The Bertz CT molecular complexity index is 691. The van der Waals surface area contributed by atoms with E-state index in [9.17, 15) is 9.59 Å². The Balaban J connectivity index is 1.71. The van der Waals surface area contributed by atoms with Gasteiger partial charge in [-0.3, -0.25) is 9.59 Å². The predicted molar refractivity (Wildman–Crippen MR) is 90.1 cm³/mol. The molecule has 0 spiro atoms. The molecule has 2 amide bonds. The summed E-state index contributed by atoms with van der Waals surface area (Å²) in [5.74, 6) is 0.320. The van der Waals surface area contributed by atoms with Crippen molar-refractivity contribution in [3.8, 4) is 0 Å². The van der Waals surface area contributed by atoms with Crippen LogP contribution in [0.3, 0.4) is 0 Å². The lowest BCUT2D eigenvalue weighted by molar-refractivity contribution is -0.114. The molecule has 4 heteroatoms. The average molecular weight is 308 g/mol. The minimum absolute atomic E-state index is 0.0683. The van der Waals surface area contributed by atoms with Crippen LogP contribution in [-0.4, -0.2) is 11.8 Å². The zero-order chi connectivity index (χ0) is 16.2. The molecule has 2 aromatic carbocycles. The van der Waals surface area contributed by atoms with Crippen molar-refractivity contribution < 1.29 is 9.59 Å². The lowest BCUT2D eigenvalue weighted by Gasteiger charge is -2.19. The van der Waals surface area contributed by atoms with Gasteiger partial charge in [-0.1, -0.05) is 30.3 Å². The fourth-order valence-corrected chi connectivity index (χ4v) is 2.70. The molecule has 1 aliphatic rings. The molecule has 4 nitrogen and oxygen atoms in total. The van der Waals surface area contributed by atoms with Gasteiger partial charge in [-0.15, -0.1) is 0 Å². The standard InChI is InChI=1S/C19H20N2O2/c1-13(22)20-17-11-9-16(10-12-17)19(23)21-18(15-7-8-15)14-5-3-2-4-6-14/h2-6,9-12,15,18H,7-8H2,1H3,(H,20,22)(H,21,23). The Hall–Kier alpha value is -2.62. The number of hydrogen-bond acceptors (Lipinski definition) is 2. The number of amides is 2. The maximum absolute atomic E-state index is 12.5. The molecule has 1 fully saturated rings. The molecule has 23 heavy (non-hydrogen) atoms. The smallest absolute Gasteiger partial charge is 0.251 e. The van der Waals surface area contributed by atoms with Gasteiger partial charge >= 0.3 is 0 Å². The number of benzene rings is 2. The molecule has 2 aromatic rings. The summed E-state index contributed by atoms with van der Waals surface area (Å²) < 4.78 is 0. The van der Waals surface area contributed by atoms with Crippen LogP contribution >= 0.6 is 0 Å². The summed E-state index contributed by atoms with van der Waals surface area (Å²) in [6, 6.07) is 17.1. The third-order valence-corrected chi connectivity index (χ3v) is 4.01. The van der Waals surface area contributed by atoms with Crippen molar-refractivity contribution in [3.63, 3.8) is 0 Å². The van der Waals surface area contributed by atoms with Crippen molar-refractivity contribution in [2.75, 3.05) is 5.32 Å². The second-order valence-corrected chi connectivity index (χ2v) is 5.96. The quantitative estimate of drug-likeness (QED) is 0.888. The van der Waals surface area contributed by atoms with Crippen LogP contribution in [0.2, 0.25) is 0 Å². The second-order valence-electron chi connectivity index (χ2n) is 5.96. The van der Waals surface area contributed by atoms with Gasteiger partial charge in [-0.25, -0.2) is 0 Å². The van der Waals surface area contributed by atoms with E-state index in [0.29, 0.717) is 17.2 Å². The third-order valence-electron chi connectivity index (χ3n) is 4.01. The van der Waals surface area contributed by atoms with Crippen molar-refractivity contribution in [1.82, 2.24) is 5.32 Å². The highest BCUT2D eigenvalue weighted by molar-refractivity contribution is 5.95. The molecular weight excluding hydrogens is 288 g/mol. The van der Waals surface area contributed by atoms with E-state index in [4.69, 9.17) is 0 Å². The molecule has 0 aliphatic heterocycles. The summed E-state index contributed by atoms with van der Waals surface area (Å²) >= 11 is 0. The summed E-state index contributed by atoms with van der Waals surface area (Å²) in [7, 11) is 0. The molecule has 0 radical (unpaired) electrons. The minimum Gasteiger partial charge on any atom is -0.345 e. The molecule has 0 saturated heterocycles. The second kappa shape index (κ2) is 6.65. The number of hydrogen-bond donors (Lipinski definition) is 2. The summed E-state index contributed by atoms with van der Waals surface area (Å²) in [4.78, 5) is 23.5. The van der Waals surface area contributed by atoms with Crippen molar-refractivity contribution in [2.24, 2.45) is 5.92 Å². The Morgan fingerprint density at radius 2 is 1.65 bits per heavy atom. The summed E-state index contributed by atoms with van der Waals surface area (Å²) in [5, 5.41) is 5.84. The van der Waals surface area contributed by atoms with Gasteiger partial charge < -0.3 is 10.6 Å². The lowest BCUT2D eigenvalue weighted by Crippen LogP contribution is -2.29. The van der Waals surface area contributed by atoms with E-state index < -0.39 is 0 Å². The van der Waals surface area contributed by atoms with E-state index in [2.05, 4.69) is 22.8 Å². The molecule has 0 heterocycles. The minimum atomic E-state index is -0.125. The van der Waals surface area contributed by atoms with E-state index in [0.717, 1.165) is 18.4 Å². The van der Waals surface area contributed by atoms with E-state index >= 15 is 0 Å². The van der Waals surface area contributed by atoms with Crippen LogP contribution in [-0.2, 0) is 4.79 Å². The molecule has 0 bridgehead atoms. The SMILES string of the molecule is CC(=O)Nc1ccc(C(=O)NC(c2ccccc2)C2CC2)cc1. The predicted octanol–water partition coefficient (Wildman–Crippen LogP) is 3.53. The fraction of sp³-hybridized carbons (Fsp3) is 0.263. The molecular formula is C19H20N2O2. The van der Waals surface area contributed by atoms with Crippen LogP contribution in [0.4, 0.5) is 5.69 Å². The Labute approximate surface area is 135 Å². The van der Waals surface area contributed by atoms with Crippen molar-refractivity contribution in [1.29, 1.82) is 0 Å². The monoisotopic (exact) mass is 308 g/mol. The van der Waals surface area contributed by atoms with Crippen LogP contribution < -0.4 is 10.6 Å². The van der Waals surface area contributed by atoms with E-state index in [1.165, 1.54) is 6.92 Å². The van der Waals surface area contributed by atoms with Gasteiger partial charge in [0.25, 0.3) is 5.91 Å². The molecule has 2 N–H and O–H groups in total. The van der Waals surface area contributed by atoms with E-state index in [1.807, 2.05) is 18.2 Å². The van der Waals surface area contributed by atoms with Crippen molar-refractivity contribution in [2.45, 2.75) is 25.8 Å². The first kappa shape index (κ1) is 15.3. The maximum atomic E-state index is 12.5. The van der Waals surface area contributed by atoms with Gasteiger partial charge in [0.05, 0.1) is 6.04 Å². The van der Waals surface area contributed by atoms with Gasteiger partial charge in [0, 0.05) is 18.2 Å². The van der Waals surface area contributed by atoms with Gasteiger partial charge in [0.2, 0.25) is 5.91 Å². The summed E-state index contributed by atoms with van der Waals surface area (Å²) in [6.07, 6.45) is 2.31. The van der Waals surface area contributed by atoms with Crippen molar-refractivity contribution in [3.05, 3.63) is 65.7 Å². The third kappa shape index (κ3) is 3.97. The van der Waals surface area contributed by atoms with Crippen LogP contribution in [0.5, 0.6) is 0 Å². The zero-order valence-electron chi connectivity index (χ0n) is 13.1. The first-order valence-corrected chi connectivity index (χ1v) is 7.87. The van der Waals surface area contributed by atoms with E-state index in [1.54, 1.807) is 24.3 Å². The first-order chi connectivity index (χ1) is 11.1. The Kier molecular flexibility index (Phi) is 4.42. The molecule has 1 unspecified atom stereocenters. The molecule has 0 aromatic heterocycles. The number of carbonyl (C=O) groups is 2. The highest BCUT2D eigenvalue weighted by atomic mass is 16.2. The Morgan fingerprint density at radius 3 is 2.22 bits per heavy atom. The molecule has 118 valence electrons. The maximum Gasteiger partial charge on any atom is 0.251 e. The first-order valence-electron chi connectivity index (χ1n) is 7.87. The van der Waals surface area contributed by atoms with Crippen LogP contribution in [0, 0.1) is 5.92 Å². The number of carbonyl (C=O) groups excluding carboxylic acids is 2. The normalized spacial score (nSPS) is 14.8. The van der Waals surface area contributed by atoms with Gasteiger partial charge in [0.1, 0.15) is 0 Å². The van der Waals surface area contributed by atoms with Gasteiger partial charge in [-0.05, 0) is 48.6 Å². The van der Waals surface area contributed by atoms with Crippen LogP contribution in [0.15, 0.2) is 54.6 Å².